The minimum Gasteiger partial charge on any atom is -0.354 e. The molecular weight excluding hydrogens is 296 g/mol. The van der Waals surface area contributed by atoms with Crippen LogP contribution < -0.4 is 10.6 Å². The van der Waals surface area contributed by atoms with Gasteiger partial charge < -0.3 is 10.6 Å². The van der Waals surface area contributed by atoms with Gasteiger partial charge in [0.15, 0.2) is 0 Å². The Morgan fingerprint density at radius 2 is 2.22 bits per heavy atom. The average molecular weight is 311 g/mol. The topological polar surface area (TPSA) is 58.2 Å². The molecule has 0 spiro atoms. The summed E-state index contributed by atoms with van der Waals surface area (Å²) in [5.41, 5.74) is 1.67. The molecule has 1 aliphatic heterocycles. The van der Waals surface area contributed by atoms with Gasteiger partial charge >= 0.3 is 0 Å². The molecule has 2 N–H and O–H groups in total. The molecule has 1 fully saturated rings. The molecule has 2 amide bonds. The fourth-order valence-electron chi connectivity index (χ4n) is 1.99. The van der Waals surface area contributed by atoms with Crippen molar-refractivity contribution in [1.29, 1.82) is 0 Å². The van der Waals surface area contributed by atoms with Gasteiger partial charge in [0.2, 0.25) is 5.91 Å². The van der Waals surface area contributed by atoms with Gasteiger partial charge in [0, 0.05) is 29.0 Å². The number of nitrogens with one attached hydrogen (secondary N) is 2. The molecule has 0 saturated carbocycles. The first-order valence-electron chi connectivity index (χ1n) is 5.89. The van der Waals surface area contributed by atoms with E-state index < -0.39 is 0 Å². The lowest BCUT2D eigenvalue weighted by Gasteiger charge is -2.23. The fraction of sp³-hybridized carbons (Fsp3) is 0.385. The van der Waals surface area contributed by atoms with Gasteiger partial charge in [-0.2, -0.15) is 0 Å². The zero-order chi connectivity index (χ0) is 13.1. The summed E-state index contributed by atoms with van der Waals surface area (Å²) >= 11 is 3.38. The van der Waals surface area contributed by atoms with Crippen LogP contribution in [0.25, 0.3) is 0 Å². The van der Waals surface area contributed by atoms with Crippen molar-refractivity contribution < 1.29 is 9.59 Å². The van der Waals surface area contributed by atoms with Crippen LogP contribution in [0.3, 0.4) is 0 Å². The Labute approximate surface area is 114 Å². The van der Waals surface area contributed by atoms with Crippen molar-refractivity contribution in [2.24, 2.45) is 0 Å². The summed E-state index contributed by atoms with van der Waals surface area (Å²) in [5.74, 6) is -0.0423. The minimum atomic E-state index is -0.0967. The van der Waals surface area contributed by atoms with Crippen molar-refractivity contribution in [1.82, 2.24) is 10.6 Å². The molecule has 0 unspecified atom stereocenters. The van der Waals surface area contributed by atoms with E-state index in [4.69, 9.17) is 0 Å². The third-order valence-corrected chi connectivity index (χ3v) is 3.36. The smallest absolute Gasteiger partial charge is 0.251 e. The van der Waals surface area contributed by atoms with Crippen molar-refractivity contribution >= 4 is 27.7 Å². The summed E-state index contributed by atoms with van der Waals surface area (Å²) in [6.45, 7) is 2.46. The van der Waals surface area contributed by atoms with Crippen LogP contribution in [-0.2, 0) is 4.79 Å². The van der Waals surface area contributed by atoms with Crippen molar-refractivity contribution in [3.05, 3.63) is 33.8 Å². The van der Waals surface area contributed by atoms with Crippen LogP contribution in [0.1, 0.15) is 28.8 Å². The van der Waals surface area contributed by atoms with Gasteiger partial charge in [-0.1, -0.05) is 15.9 Å². The molecule has 1 aromatic rings. The molecular formula is C13H15BrN2O2. The molecule has 4 nitrogen and oxygen atoms in total. The van der Waals surface area contributed by atoms with Gasteiger partial charge in [-0.25, -0.2) is 0 Å². The highest BCUT2D eigenvalue weighted by atomic mass is 79.9. The van der Waals surface area contributed by atoms with E-state index in [0.29, 0.717) is 24.9 Å². The van der Waals surface area contributed by atoms with Crippen LogP contribution in [-0.4, -0.2) is 24.4 Å². The zero-order valence-corrected chi connectivity index (χ0v) is 11.7. The molecule has 0 radical (unpaired) electrons. The molecule has 2 rings (SSSR count). The van der Waals surface area contributed by atoms with Crippen LogP contribution in [0.2, 0.25) is 0 Å². The van der Waals surface area contributed by atoms with Crippen molar-refractivity contribution in [3.8, 4) is 0 Å². The SMILES string of the molecule is Cc1cc(Br)cc(C(=O)N[C@@H]2CCC(=O)NC2)c1. The molecule has 0 aliphatic carbocycles. The molecule has 0 aromatic heterocycles. The molecule has 1 saturated heterocycles. The first-order chi connectivity index (χ1) is 8.54. The maximum Gasteiger partial charge on any atom is 0.251 e. The number of hydrogen-bond acceptors (Lipinski definition) is 2. The molecule has 1 aromatic carbocycles. The monoisotopic (exact) mass is 310 g/mol. The Balaban J connectivity index is 2.01. The normalized spacial score (nSPS) is 19.2. The minimum absolute atomic E-state index is 0.0227. The standard InChI is InChI=1S/C13H15BrN2O2/c1-8-4-9(6-10(14)5-8)13(18)16-11-2-3-12(17)15-7-11/h4-6,11H,2-3,7H2,1H3,(H,15,17)(H,16,18)/t11-/m1/s1. The van der Waals surface area contributed by atoms with Gasteiger partial charge in [0.05, 0.1) is 0 Å². The quantitative estimate of drug-likeness (QED) is 0.874. The van der Waals surface area contributed by atoms with Gasteiger partial charge in [-0.05, 0) is 37.1 Å². The van der Waals surface area contributed by atoms with Crippen LogP contribution in [0.5, 0.6) is 0 Å². The highest BCUT2D eigenvalue weighted by Gasteiger charge is 2.20. The summed E-state index contributed by atoms with van der Waals surface area (Å²) in [5, 5.41) is 5.68. The Kier molecular flexibility index (Phi) is 4.01. The number of benzene rings is 1. The zero-order valence-electron chi connectivity index (χ0n) is 10.1. The van der Waals surface area contributed by atoms with Crippen LogP contribution in [0, 0.1) is 6.92 Å². The number of piperidine rings is 1. The number of carbonyl (C=O) groups excluding carboxylic acids is 2. The van der Waals surface area contributed by atoms with Gasteiger partial charge in [0.1, 0.15) is 0 Å². The van der Waals surface area contributed by atoms with Gasteiger partial charge in [-0.3, -0.25) is 9.59 Å². The lowest BCUT2D eigenvalue weighted by atomic mass is 10.1. The first-order valence-corrected chi connectivity index (χ1v) is 6.68. The summed E-state index contributed by atoms with van der Waals surface area (Å²) in [6.07, 6.45) is 1.17. The van der Waals surface area contributed by atoms with E-state index in [9.17, 15) is 9.59 Å². The van der Waals surface area contributed by atoms with E-state index in [-0.39, 0.29) is 17.9 Å². The fourth-order valence-corrected chi connectivity index (χ4v) is 2.60. The summed E-state index contributed by atoms with van der Waals surface area (Å²) in [7, 11) is 0. The average Bonchev–Trinajstić information content (AvgIpc) is 2.31. The summed E-state index contributed by atoms with van der Waals surface area (Å²) in [4.78, 5) is 23.1. The maximum atomic E-state index is 12.1. The highest BCUT2D eigenvalue weighted by Crippen LogP contribution is 2.15. The Bertz CT molecular complexity index is 458. The number of carbonyl (C=O) groups is 2. The highest BCUT2D eigenvalue weighted by molar-refractivity contribution is 9.10. The van der Waals surface area contributed by atoms with Crippen LogP contribution in [0.15, 0.2) is 22.7 Å². The number of amides is 2. The second-order valence-electron chi connectivity index (χ2n) is 4.53. The third kappa shape index (κ3) is 3.32. The first kappa shape index (κ1) is 13.1. The maximum absolute atomic E-state index is 12.1. The van der Waals surface area contributed by atoms with E-state index in [1.807, 2.05) is 19.1 Å². The lowest BCUT2D eigenvalue weighted by Crippen LogP contribution is -2.47. The Morgan fingerprint density at radius 1 is 1.44 bits per heavy atom. The number of hydrogen-bond donors (Lipinski definition) is 2. The molecule has 96 valence electrons. The van der Waals surface area contributed by atoms with Crippen molar-refractivity contribution in [3.63, 3.8) is 0 Å². The van der Waals surface area contributed by atoms with Gasteiger partial charge in [0.25, 0.3) is 5.91 Å². The molecule has 0 bridgehead atoms. The van der Waals surface area contributed by atoms with Crippen molar-refractivity contribution in [2.75, 3.05) is 6.54 Å². The second kappa shape index (κ2) is 5.52. The number of rotatable bonds is 2. The Morgan fingerprint density at radius 3 is 2.83 bits per heavy atom. The predicted molar refractivity (Wildman–Crippen MR) is 72.4 cm³/mol. The number of aryl methyl sites for hydroxylation is 1. The van der Waals surface area contributed by atoms with Crippen molar-refractivity contribution in [2.45, 2.75) is 25.8 Å². The molecule has 5 heteroatoms. The molecule has 1 aliphatic rings. The summed E-state index contributed by atoms with van der Waals surface area (Å²) in [6, 6.07) is 5.62. The van der Waals surface area contributed by atoms with E-state index in [1.54, 1.807) is 6.07 Å². The largest absolute Gasteiger partial charge is 0.354 e. The predicted octanol–water partition coefficient (Wildman–Crippen LogP) is 1.77. The second-order valence-corrected chi connectivity index (χ2v) is 5.45. The lowest BCUT2D eigenvalue weighted by molar-refractivity contribution is -0.122. The van der Waals surface area contributed by atoms with E-state index >= 15 is 0 Å². The number of halogens is 1. The molecule has 1 atom stereocenters. The van der Waals surface area contributed by atoms with Gasteiger partial charge in [-0.15, -0.1) is 0 Å². The van der Waals surface area contributed by atoms with Crippen LogP contribution in [0.4, 0.5) is 0 Å². The van der Waals surface area contributed by atoms with E-state index in [2.05, 4.69) is 26.6 Å². The van der Waals surface area contributed by atoms with E-state index in [0.717, 1.165) is 10.0 Å². The van der Waals surface area contributed by atoms with E-state index in [1.165, 1.54) is 0 Å². The molecule has 1 heterocycles. The third-order valence-electron chi connectivity index (χ3n) is 2.91. The summed E-state index contributed by atoms with van der Waals surface area (Å²) < 4.78 is 0.893. The Hall–Kier alpha value is -1.36. The molecule has 18 heavy (non-hydrogen) atoms. The van der Waals surface area contributed by atoms with Crippen LogP contribution >= 0.6 is 15.9 Å².